The van der Waals surface area contributed by atoms with E-state index in [4.69, 9.17) is 4.74 Å². The van der Waals surface area contributed by atoms with E-state index in [0.717, 1.165) is 0 Å². The maximum Gasteiger partial charge on any atom is 0.328 e. The first kappa shape index (κ1) is 14.5. The molecule has 0 aromatic heterocycles. The molecule has 1 aromatic rings. The van der Waals surface area contributed by atoms with E-state index >= 15 is 0 Å². The number of carbonyl (C=O) groups excluding carboxylic acids is 3. The largest absolute Gasteiger partial charge is 0.496 e. The third kappa shape index (κ3) is 1.49. The van der Waals surface area contributed by atoms with E-state index in [2.05, 4.69) is 0 Å². The number of nitrogens with one attached hydrogen (secondary N) is 2. The van der Waals surface area contributed by atoms with Gasteiger partial charge in [0.1, 0.15) is 5.75 Å². The molecule has 114 valence electrons. The zero-order valence-corrected chi connectivity index (χ0v) is 11.9. The Kier molecular flexibility index (Phi) is 2.88. The van der Waals surface area contributed by atoms with Crippen molar-refractivity contribution >= 4 is 17.8 Å². The van der Waals surface area contributed by atoms with Crippen LogP contribution < -0.4 is 15.4 Å². The van der Waals surface area contributed by atoms with Crippen molar-refractivity contribution in [2.45, 2.75) is 5.92 Å². The Morgan fingerprint density at radius 3 is 2.17 bits per heavy atom. The van der Waals surface area contributed by atoms with Crippen LogP contribution in [0.15, 0.2) is 24.3 Å². The maximum absolute atomic E-state index is 12.4. The molecule has 2 N–H and O–H groups in total. The minimum atomic E-state index is -1.97. The van der Waals surface area contributed by atoms with Crippen LogP contribution in [-0.4, -0.2) is 25.0 Å². The van der Waals surface area contributed by atoms with E-state index in [0.29, 0.717) is 11.3 Å². The lowest BCUT2D eigenvalue weighted by Crippen LogP contribution is -2.59. The molecule has 1 atom stereocenters. The van der Waals surface area contributed by atoms with Crippen LogP contribution in [0.25, 0.3) is 0 Å². The summed E-state index contributed by atoms with van der Waals surface area (Å²) in [6.07, 6.45) is 0. The average Bonchev–Trinajstić information content (AvgIpc) is 3.17. The van der Waals surface area contributed by atoms with E-state index in [1.807, 2.05) is 10.6 Å². The zero-order chi connectivity index (χ0) is 16.8. The van der Waals surface area contributed by atoms with E-state index in [1.165, 1.54) is 7.11 Å². The summed E-state index contributed by atoms with van der Waals surface area (Å²) in [5.41, 5.74) is -3.49. The topological polar surface area (TPSA) is 132 Å². The first-order chi connectivity index (χ1) is 11.0. The Morgan fingerprint density at radius 1 is 1.09 bits per heavy atom. The fraction of sp³-hybridized carbons (Fsp3) is 0.267. The molecule has 0 radical (unpaired) electrons. The highest BCUT2D eigenvalue weighted by molar-refractivity contribution is 6.24. The van der Waals surface area contributed by atoms with Gasteiger partial charge in [0.05, 0.1) is 19.2 Å². The summed E-state index contributed by atoms with van der Waals surface area (Å²) in [7, 11) is 1.40. The number of nitriles is 2. The Labute approximate surface area is 130 Å². The number of imide groups is 2. The second-order valence-electron chi connectivity index (χ2n) is 5.25. The number of hydrogen-bond donors (Lipinski definition) is 2. The van der Waals surface area contributed by atoms with Gasteiger partial charge in [-0.25, -0.2) is 4.79 Å². The second-order valence-corrected chi connectivity index (χ2v) is 5.25. The Hall–Kier alpha value is -3.39. The normalized spacial score (nSPS) is 23.3. The van der Waals surface area contributed by atoms with Gasteiger partial charge in [0, 0.05) is 11.5 Å². The smallest absolute Gasteiger partial charge is 0.328 e. The van der Waals surface area contributed by atoms with Crippen molar-refractivity contribution in [3.05, 3.63) is 29.8 Å². The summed E-state index contributed by atoms with van der Waals surface area (Å²) in [5, 5.41) is 23.0. The minimum Gasteiger partial charge on any atom is -0.496 e. The summed E-state index contributed by atoms with van der Waals surface area (Å²) in [5.74, 6) is -2.59. The van der Waals surface area contributed by atoms with Crippen molar-refractivity contribution in [2.24, 2.45) is 10.8 Å². The number of nitrogens with zero attached hydrogens (tertiary/aromatic N) is 2. The zero-order valence-electron chi connectivity index (χ0n) is 11.9. The summed E-state index contributed by atoms with van der Waals surface area (Å²) in [6, 6.07) is 9.12. The maximum atomic E-state index is 12.4. The van der Waals surface area contributed by atoms with Crippen LogP contribution in [-0.2, 0) is 9.59 Å². The van der Waals surface area contributed by atoms with Gasteiger partial charge in [0.15, 0.2) is 10.8 Å². The van der Waals surface area contributed by atoms with Crippen molar-refractivity contribution in [3.8, 4) is 17.9 Å². The predicted molar refractivity (Wildman–Crippen MR) is 73.5 cm³/mol. The Morgan fingerprint density at radius 2 is 1.65 bits per heavy atom. The third-order valence-electron chi connectivity index (χ3n) is 4.38. The number of methoxy groups -OCH3 is 1. The molecular formula is C15H10N4O4. The molecule has 1 aliphatic carbocycles. The number of amides is 4. The van der Waals surface area contributed by atoms with Gasteiger partial charge in [-0.3, -0.25) is 20.2 Å². The lowest BCUT2D eigenvalue weighted by Gasteiger charge is -2.22. The Bertz CT molecular complexity index is 799. The van der Waals surface area contributed by atoms with Crippen molar-refractivity contribution in [3.63, 3.8) is 0 Å². The Balaban J connectivity index is 2.23. The standard InChI is InChI=1S/C15H10N4O4/c1-23-9-5-3-2-4-8(9)10-14(6-16,7-17)15(10)11(20)18-13(22)19-12(15)21/h2-5,10H,1H3,(H2,18,19,20,21,22). The lowest BCUT2D eigenvalue weighted by molar-refractivity contribution is -0.139. The minimum absolute atomic E-state index is 0.349. The number of rotatable bonds is 2. The molecule has 1 saturated heterocycles. The number of benzene rings is 1. The highest BCUT2D eigenvalue weighted by atomic mass is 16.5. The molecule has 2 fully saturated rings. The molecule has 1 saturated carbocycles. The van der Waals surface area contributed by atoms with Crippen molar-refractivity contribution in [2.75, 3.05) is 7.11 Å². The molecule has 8 nitrogen and oxygen atoms in total. The van der Waals surface area contributed by atoms with Crippen molar-refractivity contribution < 1.29 is 19.1 Å². The molecule has 0 bridgehead atoms. The fourth-order valence-electron chi connectivity index (χ4n) is 3.33. The predicted octanol–water partition coefficient (Wildman–Crippen LogP) is 0.178. The van der Waals surface area contributed by atoms with E-state index in [9.17, 15) is 24.9 Å². The fourth-order valence-corrected chi connectivity index (χ4v) is 3.33. The third-order valence-corrected chi connectivity index (χ3v) is 4.38. The molecule has 4 amide bonds. The monoisotopic (exact) mass is 310 g/mol. The highest BCUT2D eigenvalue weighted by Gasteiger charge is 2.88. The molecule has 1 spiro atoms. The van der Waals surface area contributed by atoms with Gasteiger partial charge < -0.3 is 4.74 Å². The molecule has 8 heteroatoms. The summed E-state index contributed by atoms with van der Waals surface area (Å²) in [6.45, 7) is 0. The first-order valence-electron chi connectivity index (χ1n) is 6.62. The number of carbonyl (C=O) groups is 3. The average molecular weight is 310 g/mol. The van der Waals surface area contributed by atoms with Crippen molar-refractivity contribution in [1.82, 2.24) is 10.6 Å². The summed E-state index contributed by atoms with van der Waals surface area (Å²) < 4.78 is 5.21. The van der Waals surface area contributed by atoms with Gasteiger partial charge in [-0.2, -0.15) is 10.5 Å². The van der Waals surface area contributed by atoms with Gasteiger partial charge in [-0.05, 0) is 6.07 Å². The van der Waals surface area contributed by atoms with Crippen LogP contribution in [0.1, 0.15) is 11.5 Å². The lowest BCUT2D eigenvalue weighted by atomic mass is 9.91. The van der Waals surface area contributed by atoms with Crippen LogP contribution in [0.5, 0.6) is 5.75 Å². The number of ether oxygens (including phenoxy) is 1. The van der Waals surface area contributed by atoms with Gasteiger partial charge >= 0.3 is 6.03 Å². The van der Waals surface area contributed by atoms with Crippen LogP contribution in [0.2, 0.25) is 0 Å². The number of barbiturate groups is 1. The molecule has 23 heavy (non-hydrogen) atoms. The molecule has 1 unspecified atom stereocenters. The molecule has 2 aliphatic rings. The van der Waals surface area contributed by atoms with E-state index in [-0.39, 0.29) is 0 Å². The van der Waals surface area contributed by atoms with E-state index in [1.54, 1.807) is 36.4 Å². The molecule has 1 aromatic carbocycles. The summed E-state index contributed by atoms with van der Waals surface area (Å²) in [4.78, 5) is 36.1. The van der Waals surface area contributed by atoms with Gasteiger partial charge in [-0.15, -0.1) is 0 Å². The molecule has 1 heterocycles. The van der Waals surface area contributed by atoms with Gasteiger partial charge in [0.2, 0.25) is 11.8 Å². The first-order valence-corrected chi connectivity index (χ1v) is 6.62. The summed E-state index contributed by atoms with van der Waals surface area (Å²) >= 11 is 0. The van der Waals surface area contributed by atoms with Crippen LogP contribution in [0, 0.1) is 33.5 Å². The highest BCUT2D eigenvalue weighted by Crippen LogP contribution is 2.75. The molecule has 3 rings (SSSR count). The molecular weight excluding hydrogens is 300 g/mol. The van der Waals surface area contributed by atoms with Crippen molar-refractivity contribution in [1.29, 1.82) is 10.5 Å². The second kappa shape index (κ2) is 4.55. The van der Waals surface area contributed by atoms with Gasteiger partial charge in [-0.1, -0.05) is 18.2 Å². The van der Waals surface area contributed by atoms with Crippen LogP contribution >= 0.6 is 0 Å². The number of para-hydroxylation sites is 1. The number of hydrogen-bond acceptors (Lipinski definition) is 6. The number of urea groups is 1. The van der Waals surface area contributed by atoms with Crippen LogP contribution in [0.3, 0.4) is 0 Å². The van der Waals surface area contributed by atoms with Gasteiger partial charge in [0.25, 0.3) is 0 Å². The quantitative estimate of drug-likeness (QED) is 0.749. The molecule has 1 aliphatic heterocycles. The van der Waals surface area contributed by atoms with Crippen LogP contribution in [0.4, 0.5) is 4.79 Å². The van der Waals surface area contributed by atoms with E-state index < -0.39 is 34.6 Å². The SMILES string of the molecule is COc1ccccc1C1C(C#N)(C#N)C12C(=O)NC(=O)NC2=O.